The van der Waals surface area contributed by atoms with Crippen LogP contribution in [-0.4, -0.2) is 25.7 Å². The second-order valence-electron chi connectivity index (χ2n) is 2.83. The van der Waals surface area contributed by atoms with Gasteiger partial charge in [0.1, 0.15) is 0 Å². The van der Waals surface area contributed by atoms with Gasteiger partial charge >= 0.3 is 0 Å². The first kappa shape index (κ1) is 10.7. The van der Waals surface area contributed by atoms with Gasteiger partial charge in [0.2, 0.25) is 6.41 Å². The Kier molecular flexibility index (Phi) is 2.90. The highest BCUT2D eigenvalue weighted by atomic mass is 32.2. The molecule has 0 saturated carbocycles. The minimum atomic E-state index is -3.54. The summed E-state index contributed by atoms with van der Waals surface area (Å²) >= 11 is 0. The fraction of sp³-hybridized carbons (Fsp3) is 0.222. The topological polar surface area (TPSA) is 54.5 Å². The van der Waals surface area contributed by atoms with Crippen LogP contribution in [0.15, 0.2) is 35.3 Å². The average molecular weight is 213 g/mol. The van der Waals surface area contributed by atoms with Crippen molar-refractivity contribution in [2.45, 2.75) is 6.92 Å². The van der Waals surface area contributed by atoms with Crippen molar-refractivity contribution < 1.29 is 13.2 Å². The summed E-state index contributed by atoms with van der Waals surface area (Å²) in [6.07, 6.45) is 5.16. The molecular weight excluding hydrogens is 202 g/mol. The van der Waals surface area contributed by atoms with Crippen molar-refractivity contribution in [2.75, 3.05) is 6.54 Å². The van der Waals surface area contributed by atoms with Gasteiger partial charge in [-0.3, -0.25) is 4.79 Å². The molecule has 0 unspecified atom stereocenters. The Morgan fingerprint density at radius 2 is 2.14 bits per heavy atom. The molecule has 76 valence electrons. The van der Waals surface area contributed by atoms with E-state index in [9.17, 15) is 13.2 Å². The van der Waals surface area contributed by atoms with Crippen molar-refractivity contribution in [3.05, 3.63) is 35.3 Å². The van der Waals surface area contributed by atoms with E-state index in [0.717, 1.165) is 4.31 Å². The first-order valence-corrected chi connectivity index (χ1v) is 5.44. The van der Waals surface area contributed by atoms with Gasteiger partial charge in [-0.2, -0.15) is 0 Å². The Morgan fingerprint density at radius 3 is 2.57 bits per heavy atom. The van der Waals surface area contributed by atoms with Crippen LogP contribution in [0.25, 0.3) is 0 Å². The van der Waals surface area contributed by atoms with Gasteiger partial charge in [0.15, 0.2) is 0 Å². The molecule has 0 radical (unpaired) electrons. The first-order chi connectivity index (χ1) is 6.54. The Hall–Kier alpha value is -1.36. The average Bonchev–Trinajstić information content (AvgIpc) is 2.37. The van der Waals surface area contributed by atoms with E-state index in [1.807, 2.05) is 0 Å². The number of carbonyl (C=O) groups is 1. The van der Waals surface area contributed by atoms with E-state index in [1.165, 1.54) is 6.92 Å². The highest BCUT2D eigenvalue weighted by Crippen LogP contribution is 2.25. The number of rotatable bonds is 3. The maximum atomic E-state index is 11.5. The van der Waals surface area contributed by atoms with Crippen molar-refractivity contribution in [2.24, 2.45) is 0 Å². The van der Waals surface area contributed by atoms with Crippen LogP contribution in [0.1, 0.15) is 6.92 Å². The lowest BCUT2D eigenvalue weighted by atomic mass is 10.2. The number of carbonyl (C=O) groups excluding carboxylic acids is 1. The van der Waals surface area contributed by atoms with Gasteiger partial charge in [-0.05, 0) is 12.5 Å². The van der Waals surface area contributed by atoms with Crippen molar-refractivity contribution >= 4 is 16.4 Å². The number of amides is 1. The van der Waals surface area contributed by atoms with Crippen LogP contribution in [0.2, 0.25) is 0 Å². The van der Waals surface area contributed by atoms with Gasteiger partial charge in [-0.15, -0.1) is 0 Å². The van der Waals surface area contributed by atoms with E-state index in [0.29, 0.717) is 12.0 Å². The van der Waals surface area contributed by atoms with Gasteiger partial charge in [-0.25, -0.2) is 12.7 Å². The monoisotopic (exact) mass is 213 g/mol. The summed E-state index contributed by atoms with van der Waals surface area (Å²) in [5.41, 5.74) is 0.622. The second kappa shape index (κ2) is 3.79. The van der Waals surface area contributed by atoms with Gasteiger partial charge in [-0.1, -0.05) is 24.8 Å². The third-order valence-corrected chi connectivity index (χ3v) is 3.89. The summed E-state index contributed by atoms with van der Waals surface area (Å²) < 4.78 is 23.7. The molecule has 0 aromatic carbocycles. The summed E-state index contributed by atoms with van der Waals surface area (Å²) in [5.74, 6) is 0. The van der Waals surface area contributed by atoms with Crippen LogP contribution < -0.4 is 0 Å². The van der Waals surface area contributed by atoms with E-state index >= 15 is 0 Å². The molecule has 1 aliphatic rings. The van der Waals surface area contributed by atoms with Crippen molar-refractivity contribution in [3.8, 4) is 0 Å². The zero-order chi connectivity index (χ0) is 10.8. The summed E-state index contributed by atoms with van der Waals surface area (Å²) in [4.78, 5) is 10.7. The second-order valence-corrected chi connectivity index (χ2v) is 4.86. The van der Waals surface area contributed by atoms with Crippen molar-refractivity contribution in [1.29, 1.82) is 0 Å². The van der Waals surface area contributed by atoms with Gasteiger partial charge in [0, 0.05) is 0 Å². The van der Waals surface area contributed by atoms with Gasteiger partial charge < -0.3 is 0 Å². The third kappa shape index (κ3) is 1.63. The first-order valence-electron chi connectivity index (χ1n) is 4.00. The summed E-state index contributed by atoms with van der Waals surface area (Å²) in [6, 6.07) is 0. The molecule has 1 rings (SSSR count). The Balaban J connectivity index is 3.12. The molecule has 0 N–H and O–H groups in total. The molecule has 5 heteroatoms. The zero-order valence-electron chi connectivity index (χ0n) is 7.80. The predicted molar refractivity (Wildman–Crippen MR) is 53.7 cm³/mol. The normalized spacial score (nSPS) is 20.5. The maximum Gasteiger partial charge on any atom is 0.262 e. The number of hydrogen-bond donors (Lipinski definition) is 0. The lowest BCUT2D eigenvalue weighted by Gasteiger charge is -2.07. The molecule has 0 aliphatic carbocycles. The fourth-order valence-corrected chi connectivity index (χ4v) is 2.39. The smallest absolute Gasteiger partial charge is 0.262 e. The fourth-order valence-electron chi connectivity index (χ4n) is 1.15. The number of sulfonamides is 1. The van der Waals surface area contributed by atoms with Crippen molar-refractivity contribution in [3.63, 3.8) is 0 Å². The lowest BCUT2D eigenvalue weighted by Crippen LogP contribution is -2.24. The maximum absolute atomic E-state index is 11.5. The predicted octanol–water partition coefficient (Wildman–Crippen LogP) is 0.804. The molecule has 1 amide bonds. The largest absolute Gasteiger partial charge is 0.278 e. The van der Waals surface area contributed by atoms with E-state index in [4.69, 9.17) is 0 Å². The molecule has 0 spiro atoms. The third-order valence-electron chi connectivity index (χ3n) is 2.03. The summed E-state index contributed by atoms with van der Waals surface area (Å²) in [7, 11) is -3.54. The Labute approximate surface area is 83.3 Å². The SMILES string of the molecule is C=C/C=C\C1=C(C)S(=O)(=O)N(C=O)C1. The molecule has 0 fully saturated rings. The molecule has 0 aromatic heterocycles. The standard InChI is InChI=1S/C9H11NO3S/c1-3-4-5-9-6-10(7-11)14(12,13)8(9)2/h3-5,7H,1,6H2,2H3/b5-4-. The van der Waals surface area contributed by atoms with Gasteiger partial charge in [0.25, 0.3) is 10.0 Å². The zero-order valence-corrected chi connectivity index (χ0v) is 8.62. The molecule has 4 nitrogen and oxygen atoms in total. The quantitative estimate of drug-likeness (QED) is 0.515. The van der Waals surface area contributed by atoms with Gasteiger partial charge in [0.05, 0.1) is 11.4 Å². The molecule has 1 aliphatic heterocycles. The van der Waals surface area contributed by atoms with E-state index in [2.05, 4.69) is 6.58 Å². The van der Waals surface area contributed by atoms with Crippen LogP contribution in [-0.2, 0) is 14.8 Å². The van der Waals surface area contributed by atoms with Crippen LogP contribution in [0.3, 0.4) is 0 Å². The minimum Gasteiger partial charge on any atom is -0.278 e. The molecule has 0 bridgehead atoms. The highest BCUT2D eigenvalue weighted by molar-refractivity contribution is 7.93. The van der Waals surface area contributed by atoms with Crippen LogP contribution >= 0.6 is 0 Å². The van der Waals surface area contributed by atoms with Crippen LogP contribution in [0, 0.1) is 0 Å². The molecule has 14 heavy (non-hydrogen) atoms. The van der Waals surface area contributed by atoms with E-state index in [-0.39, 0.29) is 11.4 Å². The lowest BCUT2D eigenvalue weighted by molar-refractivity contribution is -0.113. The minimum absolute atomic E-state index is 0.113. The van der Waals surface area contributed by atoms with E-state index < -0.39 is 10.0 Å². The molecule has 0 atom stereocenters. The number of hydrogen-bond acceptors (Lipinski definition) is 3. The summed E-state index contributed by atoms with van der Waals surface area (Å²) in [5, 5.41) is 0. The van der Waals surface area contributed by atoms with Crippen LogP contribution in [0.5, 0.6) is 0 Å². The number of nitrogens with zero attached hydrogens (tertiary/aromatic N) is 1. The molecule has 0 aromatic rings. The molecule has 0 saturated heterocycles. The highest BCUT2D eigenvalue weighted by Gasteiger charge is 2.31. The Bertz CT molecular complexity index is 417. The molecular formula is C9H11NO3S. The number of allylic oxidation sites excluding steroid dienone is 3. The van der Waals surface area contributed by atoms with Crippen LogP contribution in [0.4, 0.5) is 0 Å². The Morgan fingerprint density at radius 1 is 1.50 bits per heavy atom. The molecule has 1 heterocycles. The van der Waals surface area contributed by atoms with Crippen molar-refractivity contribution in [1.82, 2.24) is 4.31 Å². The van der Waals surface area contributed by atoms with E-state index in [1.54, 1.807) is 18.2 Å². The summed E-state index contributed by atoms with van der Waals surface area (Å²) in [6.45, 7) is 5.08.